The molecule has 5 nitrogen and oxygen atoms in total. The van der Waals surface area contributed by atoms with Crippen molar-refractivity contribution in [2.24, 2.45) is 0 Å². The summed E-state index contributed by atoms with van der Waals surface area (Å²) in [6.45, 7) is 2.72. The molecule has 1 rings (SSSR count). The number of hydrogen-bond donors (Lipinski definition) is 1. The van der Waals surface area contributed by atoms with E-state index in [2.05, 4.69) is 20.3 Å². The quantitative estimate of drug-likeness (QED) is 0.616. The van der Waals surface area contributed by atoms with Gasteiger partial charge in [-0.2, -0.15) is 15.0 Å². The molecular formula is C9H13ClN4O. The van der Waals surface area contributed by atoms with Gasteiger partial charge < -0.3 is 10.1 Å². The summed E-state index contributed by atoms with van der Waals surface area (Å²) in [5.41, 5.74) is 0. The third-order valence-corrected chi connectivity index (χ3v) is 1.77. The van der Waals surface area contributed by atoms with Gasteiger partial charge in [-0.3, -0.25) is 0 Å². The van der Waals surface area contributed by atoms with Crippen LogP contribution in [0.3, 0.4) is 0 Å². The van der Waals surface area contributed by atoms with E-state index in [4.69, 9.17) is 16.3 Å². The second kappa shape index (κ2) is 6.19. The molecule has 0 fully saturated rings. The Labute approximate surface area is 93.6 Å². The van der Waals surface area contributed by atoms with E-state index in [1.807, 2.05) is 19.1 Å². The van der Waals surface area contributed by atoms with Crippen molar-refractivity contribution in [3.05, 3.63) is 17.4 Å². The Balaban J connectivity index is 2.56. The molecule has 0 atom stereocenters. The molecule has 0 spiro atoms. The zero-order valence-electron chi connectivity index (χ0n) is 8.70. The van der Waals surface area contributed by atoms with Gasteiger partial charge in [-0.05, 0) is 24.9 Å². The molecule has 0 saturated carbocycles. The van der Waals surface area contributed by atoms with Crippen molar-refractivity contribution in [1.29, 1.82) is 0 Å². The van der Waals surface area contributed by atoms with Gasteiger partial charge >= 0.3 is 6.01 Å². The molecule has 0 saturated heterocycles. The second-order valence-electron chi connectivity index (χ2n) is 2.70. The molecule has 0 amide bonds. The number of ether oxygens (including phenoxy) is 1. The molecule has 0 unspecified atom stereocenters. The maximum Gasteiger partial charge on any atom is 0.322 e. The van der Waals surface area contributed by atoms with Gasteiger partial charge in [0, 0.05) is 6.54 Å². The van der Waals surface area contributed by atoms with Crippen molar-refractivity contribution in [3.63, 3.8) is 0 Å². The van der Waals surface area contributed by atoms with Crippen molar-refractivity contribution in [3.8, 4) is 6.01 Å². The van der Waals surface area contributed by atoms with E-state index >= 15 is 0 Å². The van der Waals surface area contributed by atoms with Crippen LogP contribution in [0.25, 0.3) is 0 Å². The third-order valence-electron chi connectivity index (χ3n) is 1.60. The number of anilines is 1. The van der Waals surface area contributed by atoms with Crippen LogP contribution < -0.4 is 10.1 Å². The van der Waals surface area contributed by atoms with E-state index < -0.39 is 0 Å². The summed E-state index contributed by atoms with van der Waals surface area (Å²) >= 11 is 5.67. The van der Waals surface area contributed by atoms with Gasteiger partial charge in [0.15, 0.2) is 0 Å². The van der Waals surface area contributed by atoms with Gasteiger partial charge in [0.2, 0.25) is 11.2 Å². The maximum absolute atomic E-state index is 5.67. The average molecular weight is 229 g/mol. The van der Waals surface area contributed by atoms with E-state index in [9.17, 15) is 0 Å². The molecule has 0 radical (unpaired) electrons. The SMILES string of the molecule is C/C=C/CCNc1nc(Cl)nc(OC)n1. The van der Waals surface area contributed by atoms with Crippen molar-refractivity contribution in [2.75, 3.05) is 19.0 Å². The van der Waals surface area contributed by atoms with Gasteiger partial charge in [0.05, 0.1) is 7.11 Å². The predicted octanol–water partition coefficient (Wildman–Crippen LogP) is 1.91. The summed E-state index contributed by atoms with van der Waals surface area (Å²) in [6.07, 6.45) is 4.94. The number of nitrogens with one attached hydrogen (secondary N) is 1. The Hall–Kier alpha value is -1.36. The number of methoxy groups -OCH3 is 1. The molecule has 1 aromatic heterocycles. The minimum absolute atomic E-state index is 0.121. The molecule has 1 aromatic rings. The number of rotatable bonds is 5. The average Bonchev–Trinajstić information content (AvgIpc) is 2.23. The normalized spacial score (nSPS) is 10.6. The molecule has 6 heteroatoms. The lowest BCUT2D eigenvalue weighted by atomic mass is 10.4. The first-order chi connectivity index (χ1) is 7.26. The minimum atomic E-state index is 0.121. The molecule has 1 N–H and O–H groups in total. The van der Waals surface area contributed by atoms with Gasteiger partial charge in [-0.1, -0.05) is 12.2 Å². The Morgan fingerprint density at radius 1 is 1.40 bits per heavy atom. The van der Waals surface area contributed by atoms with Crippen molar-refractivity contribution in [1.82, 2.24) is 15.0 Å². The summed E-state index contributed by atoms with van der Waals surface area (Å²) in [5, 5.41) is 3.14. The van der Waals surface area contributed by atoms with E-state index in [-0.39, 0.29) is 11.3 Å². The monoisotopic (exact) mass is 228 g/mol. The molecule has 0 bridgehead atoms. The van der Waals surface area contributed by atoms with Crippen LogP contribution in [0.5, 0.6) is 6.01 Å². The summed E-state index contributed by atoms with van der Waals surface area (Å²) in [4.78, 5) is 11.7. The molecule has 1 heterocycles. The van der Waals surface area contributed by atoms with Crippen LogP contribution in [0.15, 0.2) is 12.2 Å². The summed E-state index contributed by atoms with van der Waals surface area (Å²) < 4.78 is 4.86. The number of allylic oxidation sites excluding steroid dienone is 1. The highest BCUT2D eigenvalue weighted by atomic mass is 35.5. The first kappa shape index (κ1) is 11.7. The zero-order valence-corrected chi connectivity index (χ0v) is 9.45. The van der Waals surface area contributed by atoms with Crippen LogP contribution in [0.4, 0.5) is 5.95 Å². The first-order valence-corrected chi connectivity index (χ1v) is 4.94. The zero-order chi connectivity index (χ0) is 11.1. The highest BCUT2D eigenvalue weighted by Gasteiger charge is 2.03. The second-order valence-corrected chi connectivity index (χ2v) is 3.04. The number of nitrogens with zero attached hydrogens (tertiary/aromatic N) is 3. The van der Waals surface area contributed by atoms with Crippen LogP contribution >= 0.6 is 11.6 Å². The Morgan fingerprint density at radius 2 is 2.20 bits per heavy atom. The highest BCUT2D eigenvalue weighted by Crippen LogP contribution is 2.10. The minimum Gasteiger partial charge on any atom is -0.467 e. The molecule has 0 aliphatic heterocycles. The standard InChI is InChI=1S/C9H13ClN4O/c1-3-4-5-6-11-8-12-7(10)13-9(14-8)15-2/h3-4H,5-6H2,1-2H3,(H,11,12,13,14)/b4-3+. The molecule has 82 valence electrons. The predicted molar refractivity (Wildman–Crippen MR) is 59.3 cm³/mol. The van der Waals surface area contributed by atoms with Gasteiger partial charge in [0.25, 0.3) is 0 Å². The lowest BCUT2D eigenvalue weighted by Crippen LogP contribution is -2.06. The van der Waals surface area contributed by atoms with Crippen molar-refractivity contribution >= 4 is 17.5 Å². The molecule has 0 aliphatic rings. The van der Waals surface area contributed by atoms with E-state index in [1.165, 1.54) is 7.11 Å². The fraction of sp³-hybridized carbons (Fsp3) is 0.444. The molecular weight excluding hydrogens is 216 g/mol. The fourth-order valence-corrected chi connectivity index (χ4v) is 1.09. The van der Waals surface area contributed by atoms with Gasteiger partial charge in [-0.25, -0.2) is 0 Å². The van der Waals surface area contributed by atoms with Crippen LogP contribution in [0.2, 0.25) is 5.28 Å². The van der Waals surface area contributed by atoms with Gasteiger partial charge in [-0.15, -0.1) is 0 Å². The van der Waals surface area contributed by atoms with E-state index in [0.29, 0.717) is 5.95 Å². The van der Waals surface area contributed by atoms with E-state index in [0.717, 1.165) is 13.0 Å². The van der Waals surface area contributed by atoms with Crippen LogP contribution in [-0.2, 0) is 0 Å². The summed E-state index contributed by atoms with van der Waals surface area (Å²) in [7, 11) is 1.48. The smallest absolute Gasteiger partial charge is 0.322 e. The summed E-state index contributed by atoms with van der Waals surface area (Å²) in [6, 6.07) is 0.212. The Morgan fingerprint density at radius 3 is 2.87 bits per heavy atom. The van der Waals surface area contributed by atoms with Crippen LogP contribution in [0.1, 0.15) is 13.3 Å². The molecule has 0 aliphatic carbocycles. The topological polar surface area (TPSA) is 59.9 Å². The number of aromatic nitrogens is 3. The maximum atomic E-state index is 5.67. The highest BCUT2D eigenvalue weighted by molar-refractivity contribution is 6.28. The van der Waals surface area contributed by atoms with Crippen LogP contribution in [0, 0.1) is 0 Å². The van der Waals surface area contributed by atoms with Crippen LogP contribution in [-0.4, -0.2) is 28.6 Å². The Bertz CT molecular complexity index is 343. The largest absolute Gasteiger partial charge is 0.467 e. The number of hydrogen-bond acceptors (Lipinski definition) is 5. The molecule has 15 heavy (non-hydrogen) atoms. The third kappa shape index (κ3) is 4.12. The summed E-state index contributed by atoms with van der Waals surface area (Å²) in [5.74, 6) is 0.427. The Kier molecular flexibility index (Phi) is 4.83. The lowest BCUT2D eigenvalue weighted by molar-refractivity contribution is 0.379. The fourth-order valence-electron chi connectivity index (χ4n) is 0.936. The van der Waals surface area contributed by atoms with Crippen molar-refractivity contribution in [2.45, 2.75) is 13.3 Å². The molecule has 0 aromatic carbocycles. The number of halogens is 1. The van der Waals surface area contributed by atoms with Crippen molar-refractivity contribution < 1.29 is 4.74 Å². The van der Waals surface area contributed by atoms with Gasteiger partial charge in [0.1, 0.15) is 0 Å². The van der Waals surface area contributed by atoms with E-state index in [1.54, 1.807) is 0 Å². The first-order valence-electron chi connectivity index (χ1n) is 4.57. The lowest BCUT2D eigenvalue weighted by Gasteiger charge is -2.04.